The van der Waals surface area contributed by atoms with Crippen molar-refractivity contribution in [2.75, 3.05) is 20.2 Å². The molecule has 0 aromatic heterocycles. The lowest BCUT2D eigenvalue weighted by molar-refractivity contribution is -0.264. The molecule has 4 unspecified atom stereocenters. The molecule has 9 rings (SSSR count). The van der Waals surface area contributed by atoms with Crippen molar-refractivity contribution in [1.82, 2.24) is 10.2 Å². The minimum Gasteiger partial charge on any atom is -0.493 e. The van der Waals surface area contributed by atoms with Crippen LogP contribution in [0.3, 0.4) is 0 Å². The lowest BCUT2D eigenvalue weighted by atomic mass is 9.35. The van der Waals surface area contributed by atoms with E-state index in [1.54, 1.807) is 7.11 Å². The summed E-state index contributed by atoms with van der Waals surface area (Å²) in [5, 5.41) is 15.7. The molecule has 6 heteroatoms. The number of benzene rings is 2. The van der Waals surface area contributed by atoms with Crippen LogP contribution in [-0.2, 0) is 23.2 Å². The largest absolute Gasteiger partial charge is 0.493 e. The molecule has 1 amide bonds. The molecule has 2 N–H and O–H groups in total. The maximum absolute atomic E-state index is 13.8. The average Bonchev–Trinajstić information content (AvgIpc) is 3.66. The van der Waals surface area contributed by atoms with Crippen LogP contribution in [0.4, 0.5) is 0 Å². The summed E-state index contributed by atoms with van der Waals surface area (Å²) in [4.78, 5) is 16.6. The molecule has 2 spiro atoms. The fraction of sp³-hybridized carbons (Fsp3) is 0.581. The van der Waals surface area contributed by atoms with Gasteiger partial charge in [-0.25, -0.2) is 0 Å². The Morgan fingerprint density at radius 1 is 1.16 bits per heavy atom. The molecule has 2 aliphatic heterocycles. The van der Waals surface area contributed by atoms with Crippen LogP contribution < -0.4 is 14.8 Å². The summed E-state index contributed by atoms with van der Waals surface area (Å²) in [7, 11) is 1.70. The molecule has 0 radical (unpaired) electrons. The van der Waals surface area contributed by atoms with Gasteiger partial charge in [-0.1, -0.05) is 36.4 Å². The number of amides is 1. The fourth-order valence-electron chi connectivity index (χ4n) is 9.43. The Kier molecular flexibility index (Phi) is 4.55. The third-order valence-electron chi connectivity index (χ3n) is 11.1. The van der Waals surface area contributed by atoms with Gasteiger partial charge in [0.2, 0.25) is 5.91 Å². The first-order chi connectivity index (χ1) is 18.0. The number of aliphatic hydroxyl groups is 1. The number of fused-ring (bicyclic) bond motifs is 2. The second-order valence-corrected chi connectivity index (χ2v) is 12.6. The Balaban J connectivity index is 1.23. The van der Waals surface area contributed by atoms with E-state index in [9.17, 15) is 9.90 Å². The lowest BCUT2D eigenvalue weighted by Crippen LogP contribution is -2.81. The number of carbonyl (C=O) groups excluding carboxylic acids is 1. The van der Waals surface area contributed by atoms with E-state index in [-0.39, 0.29) is 16.7 Å². The maximum atomic E-state index is 13.8. The first-order valence-corrected chi connectivity index (χ1v) is 14.2. The minimum absolute atomic E-state index is 0.0376. The molecule has 2 aromatic carbocycles. The number of nitrogens with one attached hydrogen (secondary N) is 1. The molecule has 5 aliphatic carbocycles. The highest BCUT2D eigenvalue weighted by atomic mass is 16.5. The monoisotopic (exact) mass is 500 g/mol. The number of hydrogen-bond acceptors (Lipinski definition) is 5. The number of methoxy groups -OCH3 is 1. The Bertz CT molecular complexity index is 1280. The molecule has 6 nitrogen and oxygen atoms in total. The fourth-order valence-corrected chi connectivity index (χ4v) is 9.43. The van der Waals surface area contributed by atoms with Gasteiger partial charge in [0.1, 0.15) is 11.7 Å². The zero-order chi connectivity index (χ0) is 25.0. The Hall–Kier alpha value is -2.57. The number of ether oxygens (including phenoxy) is 2. The van der Waals surface area contributed by atoms with Crippen LogP contribution in [0.1, 0.15) is 55.2 Å². The van der Waals surface area contributed by atoms with Gasteiger partial charge in [0.15, 0.2) is 11.5 Å². The summed E-state index contributed by atoms with van der Waals surface area (Å²) in [6, 6.07) is 14.7. The predicted octanol–water partition coefficient (Wildman–Crippen LogP) is 3.58. The van der Waals surface area contributed by atoms with Crippen molar-refractivity contribution in [2.45, 2.75) is 74.7 Å². The number of nitrogens with zero attached hydrogens (tertiary/aromatic N) is 1. The van der Waals surface area contributed by atoms with Gasteiger partial charge in [-0.15, -0.1) is 0 Å². The second kappa shape index (κ2) is 7.51. The Labute approximate surface area is 218 Å². The molecule has 4 saturated carbocycles. The summed E-state index contributed by atoms with van der Waals surface area (Å²) in [6.07, 6.45) is 6.54. The lowest BCUT2D eigenvalue weighted by Gasteiger charge is -2.73. The zero-order valence-electron chi connectivity index (χ0n) is 21.5. The molecular weight excluding hydrogens is 464 g/mol. The standard InChI is InChI=1S/C31H36N2O4/c1-36-23-10-9-21-15-24-29-11-12-31(35,22(16-29)27(34)32-17-19-5-3-2-4-6-19)28-30(29,25(21)26(23)37-28)13-14-33(24)18-20-7-8-20/h2-6,9-10,20,22,24,28,35H,7-8,11-18H2,1H3,(H,32,34)/t22-,24?,28?,29+,30?,31?/m1/s1. The Morgan fingerprint density at radius 2 is 2.00 bits per heavy atom. The molecule has 2 heterocycles. The summed E-state index contributed by atoms with van der Waals surface area (Å²) in [5.41, 5.74) is 2.20. The molecule has 1 saturated heterocycles. The van der Waals surface area contributed by atoms with E-state index in [4.69, 9.17) is 9.47 Å². The van der Waals surface area contributed by atoms with Crippen molar-refractivity contribution in [2.24, 2.45) is 17.3 Å². The number of rotatable bonds is 6. The summed E-state index contributed by atoms with van der Waals surface area (Å²) >= 11 is 0. The van der Waals surface area contributed by atoms with E-state index in [1.165, 1.54) is 30.5 Å². The van der Waals surface area contributed by atoms with Gasteiger partial charge in [0.05, 0.1) is 13.0 Å². The van der Waals surface area contributed by atoms with Crippen molar-refractivity contribution in [3.63, 3.8) is 0 Å². The molecule has 6 atom stereocenters. The molecular formula is C31H36N2O4. The van der Waals surface area contributed by atoms with Gasteiger partial charge in [0, 0.05) is 35.5 Å². The van der Waals surface area contributed by atoms with Crippen LogP contribution in [0.15, 0.2) is 42.5 Å². The van der Waals surface area contributed by atoms with Crippen molar-refractivity contribution < 1.29 is 19.4 Å². The van der Waals surface area contributed by atoms with Crippen molar-refractivity contribution in [3.8, 4) is 11.5 Å². The number of hydrogen-bond donors (Lipinski definition) is 2. The van der Waals surface area contributed by atoms with Gasteiger partial charge in [-0.2, -0.15) is 0 Å². The Morgan fingerprint density at radius 3 is 2.78 bits per heavy atom. The quantitative estimate of drug-likeness (QED) is 0.635. The number of carbonyl (C=O) groups is 1. The minimum atomic E-state index is -1.19. The van der Waals surface area contributed by atoms with Gasteiger partial charge in [-0.05, 0) is 74.6 Å². The SMILES string of the molecule is COc1ccc2c3c1OC1C4(O)CC[C@]5(C[C@@H]4C(=O)NCc4ccccc4)C(C2)N(CC2CC2)CCC315. The van der Waals surface area contributed by atoms with Crippen molar-refractivity contribution in [1.29, 1.82) is 0 Å². The third-order valence-corrected chi connectivity index (χ3v) is 11.1. The highest BCUT2D eigenvalue weighted by molar-refractivity contribution is 5.81. The maximum Gasteiger partial charge on any atom is 0.226 e. The van der Waals surface area contributed by atoms with Crippen LogP contribution in [0.2, 0.25) is 0 Å². The summed E-state index contributed by atoms with van der Waals surface area (Å²) in [6.45, 7) is 2.69. The highest BCUT2D eigenvalue weighted by Gasteiger charge is 2.81. The zero-order valence-corrected chi connectivity index (χ0v) is 21.5. The summed E-state index contributed by atoms with van der Waals surface area (Å²) in [5.74, 6) is 1.89. The van der Waals surface area contributed by atoms with Crippen molar-refractivity contribution in [3.05, 3.63) is 59.2 Å². The second-order valence-electron chi connectivity index (χ2n) is 12.6. The van der Waals surface area contributed by atoms with Gasteiger partial charge < -0.3 is 19.9 Å². The van der Waals surface area contributed by atoms with Crippen molar-refractivity contribution >= 4 is 5.91 Å². The van der Waals surface area contributed by atoms with Crippen LogP contribution >= 0.6 is 0 Å². The molecule has 5 fully saturated rings. The molecule has 37 heavy (non-hydrogen) atoms. The highest BCUT2D eigenvalue weighted by Crippen LogP contribution is 2.76. The number of piperidine rings is 1. The predicted molar refractivity (Wildman–Crippen MR) is 139 cm³/mol. The van der Waals surface area contributed by atoms with E-state index in [2.05, 4.69) is 16.3 Å². The van der Waals surface area contributed by atoms with E-state index < -0.39 is 17.6 Å². The van der Waals surface area contributed by atoms with E-state index in [0.717, 1.165) is 55.2 Å². The van der Waals surface area contributed by atoms with Crippen LogP contribution in [0.5, 0.6) is 11.5 Å². The van der Waals surface area contributed by atoms with Gasteiger partial charge >= 0.3 is 0 Å². The first kappa shape index (κ1) is 22.4. The van der Waals surface area contributed by atoms with Crippen LogP contribution in [-0.4, -0.2) is 53.9 Å². The average molecular weight is 501 g/mol. The topological polar surface area (TPSA) is 71.0 Å². The van der Waals surface area contributed by atoms with Crippen LogP contribution in [0, 0.1) is 17.3 Å². The number of likely N-dealkylation sites (tertiary alicyclic amines) is 1. The molecule has 2 aromatic rings. The summed E-state index contributed by atoms with van der Waals surface area (Å²) < 4.78 is 12.6. The first-order valence-electron chi connectivity index (χ1n) is 14.2. The smallest absolute Gasteiger partial charge is 0.226 e. The molecule has 4 bridgehead atoms. The van der Waals surface area contributed by atoms with Crippen LogP contribution in [0.25, 0.3) is 0 Å². The third kappa shape index (κ3) is 2.76. The molecule has 194 valence electrons. The van der Waals surface area contributed by atoms with E-state index >= 15 is 0 Å². The van der Waals surface area contributed by atoms with Gasteiger partial charge in [-0.3, -0.25) is 9.69 Å². The molecule has 7 aliphatic rings. The normalized spacial score (nSPS) is 38.6. The van der Waals surface area contributed by atoms with Gasteiger partial charge in [0.25, 0.3) is 0 Å². The van der Waals surface area contributed by atoms with E-state index in [0.29, 0.717) is 19.0 Å². The van der Waals surface area contributed by atoms with E-state index in [1.807, 2.05) is 36.4 Å².